The molecule has 0 spiro atoms. The van der Waals surface area contributed by atoms with Crippen molar-refractivity contribution >= 4 is 76.6 Å². The first-order valence-corrected chi connectivity index (χ1v) is 33.0. The van der Waals surface area contributed by atoms with Gasteiger partial charge in [-0.15, -0.1) is 0 Å². The van der Waals surface area contributed by atoms with Gasteiger partial charge in [-0.05, 0) is 115 Å². The average Bonchev–Trinajstić information content (AvgIpc) is 0.834. The minimum absolute atomic E-state index is 0.00609. The van der Waals surface area contributed by atoms with Gasteiger partial charge in [0.25, 0.3) is 0 Å². The lowest BCUT2D eigenvalue weighted by molar-refractivity contribution is -0.150. The molecule has 11 amide bonds. The number of hydrogen-bond donors (Lipinski definition) is 5. The minimum atomic E-state index is -4.80. The lowest BCUT2D eigenvalue weighted by Crippen LogP contribution is -2.63. The van der Waals surface area contributed by atoms with E-state index < -0.39 is 167 Å². The highest BCUT2D eigenvalue weighted by Gasteiger charge is 2.43. The topological polar surface area (TPSA) is 297 Å². The van der Waals surface area contributed by atoms with Crippen molar-refractivity contribution in [1.29, 1.82) is 0 Å². The number of nitrogens with zero attached hydrogens (tertiary/aromatic N) is 7. The molecule has 0 aromatic heterocycles. The van der Waals surface area contributed by atoms with Gasteiger partial charge in [0.2, 0.25) is 65.0 Å². The number of carbonyl (C=O) groups excluding carboxylic acids is 11. The summed E-state index contributed by atoms with van der Waals surface area (Å²) in [5.41, 5.74) is -4.21. The smallest absolute Gasteiger partial charge is 0.388 e. The number of ether oxygens (including phenoxy) is 2. The second-order valence-corrected chi connectivity index (χ2v) is 28.1. The minimum Gasteiger partial charge on any atom is -0.388 e. The zero-order chi connectivity index (χ0) is 72.9. The number of nitrogens with one attached hydrogen (secondary N) is 4. The van der Waals surface area contributed by atoms with E-state index in [0.29, 0.717) is 12.8 Å². The summed E-state index contributed by atoms with van der Waals surface area (Å²) < 4.78 is 53.1. The quantitative estimate of drug-likeness (QED) is 0.122. The van der Waals surface area contributed by atoms with Crippen molar-refractivity contribution in [2.45, 2.75) is 201 Å². The third-order valence-corrected chi connectivity index (χ3v) is 17.0. The zero-order valence-corrected chi connectivity index (χ0v) is 60.3. The molecule has 1 aromatic carbocycles. The van der Waals surface area contributed by atoms with E-state index in [1.807, 2.05) is 48.5 Å². The molecule has 25 nitrogen and oxygen atoms in total. The summed E-state index contributed by atoms with van der Waals surface area (Å²) in [6, 6.07) is -6.01. The number of hydrogen-bond acceptors (Lipinski definition) is 14. The molecule has 0 radical (unpaired) electrons. The maximum Gasteiger partial charge on any atom is 0.417 e. The van der Waals surface area contributed by atoms with Crippen LogP contribution in [0.2, 0.25) is 5.02 Å². The molecular weight excluding hydrogens is 1260 g/mol. The fourth-order valence-corrected chi connectivity index (χ4v) is 10.8. The summed E-state index contributed by atoms with van der Waals surface area (Å²) in [5, 5.41) is 21.0. The molecule has 0 aliphatic carbocycles. The SMILES string of the molecule is CC[C@H](C)[C@@H]1NC(=O)[C@H](CC(C)C)N(C)C(=O)C[C@@H](C)NC(=O)[C@@H](CC(C)C)N(C)C(=O)C(C)(C)NC(=O)[C@H](COCC(C)(C)O)N(C)C(=O)[C@H](CCc2ccc(C(F)(F)F)c(Cl)c2)NC(=O)CN(C)C(=O)[C@H](COCCC(C)C)N(C)C(=O)CN(C)C(=O)CN(CC)C1=O. The number of aliphatic hydroxyl groups is 1. The van der Waals surface area contributed by atoms with Crippen molar-refractivity contribution < 1.29 is 80.5 Å². The highest BCUT2D eigenvalue weighted by molar-refractivity contribution is 6.31. The second kappa shape index (κ2) is 37.8. The van der Waals surface area contributed by atoms with Crippen molar-refractivity contribution in [3.05, 3.63) is 34.3 Å². The zero-order valence-electron chi connectivity index (χ0n) is 59.6. The first kappa shape index (κ1) is 84.4. The van der Waals surface area contributed by atoms with E-state index in [2.05, 4.69) is 21.3 Å². The van der Waals surface area contributed by atoms with E-state index >= 15 is 4.79 Å². The molecule has 1 aliphatic rings. The van der Waals surface area contributed by atoms with Crippen LogP contribution in [0, 0.1) is 23.7 Å². The number of likely N-dealkylation sites (N-methyl/N-ethyl adjacent to an activating group) is 7. The van der Waals surface area contributed by atoms with Crippen LogP contribution in [0.25, 0.3) is 0 Å². The maximum atomic E-state index is 15.0. The Bertz CT molecular complexity index is 2800. The number of alkyl halides is 3. The fraction of sp³-hybridized carbons (Fsp3) is 0.742. The van der Waals surface area contributed by atoms with Crippen LogP contribution in [0.5, 0.6) is 0 Å². The molecule has 95 heavy (non-hydrogen) atoms. The Balaban J connectivity index is 2.95. The standard InChI is InChI=1S/C66H109ClF3N11O14/c1-21-42(9)56-62(91)81(22-2)35-54(84)75(15)34-55(85)78(18)51(37-94-28-27-39(3)4)61(90)76(16)33-52(82)72-47(26-24-44-23-25-45(46(67)32-44)66(68,69)70)60(89)79(19)50(36-95-38-64(11,12)93)59(88)74-65(13,14)63(92)80(20)49(30-41(7)8)57(86)71-43(10)31-53(83)77(17)48(29-40(5)6)58(87)73-56/h23,25,32,39-43,47-51,56,93H,21-22,24,26-31,33-38H2,1-20H3,(H,71,86)(H,72,82)(H,73,87)(H,74,88)/t42-,43+,47-,48-,49+,50-,51-,56-/m0/s1. The van der Waals surface area contributed by atoms with Crippen molar-refractivity contribution in [3.8, 4) is 0 Å². The summed E-state index contributed by atoms with van der Waals surface area (Å²) in [5.74, 6) is -8.92. The monoisotopic (exact) mass is 1370 g/mol. The van der Waals surface area contributed by atoms with Crippen LogP contribution in [0.15, 0.2) is 18.2 Å². The number of amides is 11. The summed E-state index contributed by atoms with van der Waals surface area (Å²) in [6.45, 7) is 20.6. The third kappa shape index (κ3) is 26.7. The van der Waals surface area contributed by atoms with Gasteiger partial charge in [0.05, 0.1) is 55.6 Å². The molecule has 0 bridgehead atoms. The number of halogens is 4. The van der Waals surface area contributed by atoms with Crippen molar-refractivity contribution in [2.75, 3.05) is 94.9 Å². The van der Waals surface area contributed by atoms with Gasteiger partial charge in [-0.3, -0.25) is 52.7 Å². The van der Waals surface area contributed by atoms with Crippen LogP contribution >= 0.6 is 11.6 Å². The van der Waals surface area contributed by atoms with E-state index in [0.717, 1.165) is 42.7 Å². The van der Waals surface area contributed by atoms with Gasteiger partial charge in [0.15, 0.2) is 0 Å². The molecule has 1 heterocycles. The van der Waals surface area contributed by atoms with Crippen LogP contribution in [0.3, 0.4) is 0 Å². The number of rotatable bonds is 19. The molecule has 1 aromatic rings. The van der Waals surface area contributed by atoms with Gasteiger partial charge in [0.1, 0.15) is 41.8 Å². The first-order chi connectivity index (χ1) is 43.8. The van der Waals surface area contributed by atoms with Gasteiger partial charge >= 0.3 is 6.18 Å². The number of carbonyl (C=O) groups is 11. The van der Waals surface area contributed by atoms with Gasteiger partial charge in [0, 0.05) is 67.9 Å². The molecule has 1 aliphatic heterocycles. The van der Waals surface area contributed by atoms with E-state index in [1.54, 1.807) is 20.8 Å². The van der Waals surface area contributed by atoms with Gasteiger partial charge in [-0.1, -0.05) is 79.5 Å². The predicted molar refractivity (Wildman–Crippen MR) is 353 cm³/mol. The van der Waals surface area contributed by atoms with Gasteiger partial charge in [-0.25, -0.2) is 0 Å². The molecule has 2 rings (SSSR count). The van der Waals surface area contributed by atoms with E-state index in [-0.39, 0.29) is 81.8 Å². The van der Waals surface area contributed by atoms with Gasteiger partial charge < -0.3 is 70.1 Å². The molecule has 29 heteroatoms. The van der Waals surface area contributed by atoms with Gasteiger partial charge in [-0.2, -0.15) is 13.2 Å². The average molecular weight is 1370 g/mol. The van der Waals surface area contributed by atoms with E-state index in [4.69, 9.17) is 21.1 Å². The van der Waals surface area contributed by atoms with Crippen LogP contribution < -0.4 is 21.3 Å². The molecule has 0 saturated carbocycles. The summed E-state index contributed by atoms with van der Waals surface area (Å²) in [7, 11) is 7.92. The predicted octanol–water partition coefficient (Wildman–Crippen LogP) is 4.13. The van der Waals surface area contributed by atoms with Crippen molar-refractivity contribution in [2.24, 2.45) is 23.7 Å². The fourth-order valence-electron chi connectivity index (χ4n) is 10.5. The third-order valence-electron chi connectivity index (χ3n) is 16.6. The number of aryl methyl sites for hydroxylation is 1. The molecular formula is C66H109ClF3N11O14. The molecule has 0 unspecified atom stereocenters. The Kier molecular flexibility index (Phi) is 33.6. The maximum absolute atomic E-state index is 15.0. The Morgan fingerprint density at radius 1 is 0.653 bits per heavy atom. The Morgan fingerprint density at radius 3 is 1.74 bits per heavy atom. The van der Waals surface area contributed by atoms with E-state index in [9.17, 15) is 66.2 Å². The second-order valence-electron chi connectivity index (χ2n) is 27.6. The highest BCUT2D eigenvalue weighted by atomic mass is 35.5. The van der Waals surface area contributed by atoms with Crippen molar-refractivity contribution in [1.82, 2.24) is 55.6 Å². The Labute approximate surface area is 564 Å². The molecule has 8 atom stereocenters. The largest absolute Gasteiger partial charge is 0.417 e. The molecule has 540 valence electrons. The lowest BCUT2D eigenvalue weighted by Gasteiger charge is -2.38. The molecule has 1 saturated heterocycles. The summed E-state index contributed by atoms with van der Waals surface area (Å²) >= 11 is 6.09. The highest BCUT2D eigenvalue weighted by Crippen LogP contribution is 2.35. The van der Waals surface area contributed by atoms with Crippen molar-refractivity contribution in [3.63, 3.8) is 0 Å². The van der Waals surface area contributed by atoms with E-state index in [1.165, 1.54) is 79.8 Å². The van der Waals surface area contributed by atoms with Crippen LogP contribution in [0.1, 0.15) is 147 Å². The summed E-state index contributed by atoms with van der Waals surface area (Å²) in [4.78, 5) is 167. The molecule has 5 N–H and O–H groups in total. The van der Waals surface area contributed by atoms with Crippen LogP contribution in [-0.4, -0.2) is 253 Å². The first-order valence-electron chi connectivity index (χ1n) is 32.6. The molecule has 1 fully saturated rings. The number of benzene rings is 1. The summed E-state index contributed by atoms with van der Waals surface area (Å²) in [6.07, 6.45) is -4.36. The Hall–Kier alpha value is -6.65. The van der Waals surface area contributed by atoms with Crippen LogP contribution in [-0.2, 0) is 74.8 Å². The van der Waals surface area contributed by atoms with Crippen LogP contribution in [0.4, 0.5) is 13.2 Å². The lowest BCUT2D eigenvalue weighted by atomic mass is 9.95. The normalized spacial score (nSPS) is 23.4. The Morgan fingerprint density at radius 2 is 1.21 bits per heavy atom.